The molecule has 1 aromatic carbocycles. The molecule has 1 aliphatic heterocycles. The third kappa shape index (κ3) is 3.01. The summed E-state index contributed by atoms with van der Waals surface area (Å²) in [6.07, 6.45) is 3.36. The summed E-state index contributed by atoms with van der Waals surface area (Å²) in [5.41, 5.74) is 3.61. The topological polar surface area (TPSA) is 70.3 Å². The summed E-state index contributed by atoms with van der Waals surface area (Å²) in [4.78, 5) is 13.0. The zero-order chi connectivity index (χ0) is 14.7. The van der Waals surface area contributed by atoms with Crippen molar-refractivity contribution in [1.82, 2.24) is 9.97 Å². The standard InChI is InChI=1S/C14H17ClN6/c15-11-3-1-2-4-12(11)20-5-7-21(8-6-20)14-10-17-9-13(18-14)19-16/h1-4,9-10H,5-8,16H2,(H,18,19). The SMILES string of the molecule is NNc1cncc(N2CCN(c3ccccc3Cl)CC2)n1. The second kappa shape index (κ2) is 6.15. The number of para-hydroxylation sites is 1. The maximum atomic E-state index is 6.25. The average Bonchev–Trinajstić information content (AvgIpc) is 2.56. The van der Waals surface area contributed by atoms with Gasteiger partial charge in [-0.25, -0.2) is 10.8 Å². The van der Waals surface area contributed by atoms with Crippen LogP contribution in [0.3, 0.4) is 0 Å². The molecule has 1 aromatic heterocycles. The molecular weight excluding hydrogens is 288 g/mol. The van der Waals surface area contributed by atoms with Crippen molar-refractivity contribution in [3.8, 4) is 0 Å². The van der Waals surface area contributed by atoms with Crippen LogP contribution in [0, 0.1) is 0 Å². The van der Waals surface area contributed by atoms with Crippen molar-refractivity contribution in [2.45, 2.75) is 0 Å². The molecule has 1 fully saturated rings. The molecule has 7 heteroatoms. The van der Waals surface area contributed by atoms with Crippen molar-refractivity contribution < 1.29 is 0 Å². The largest absolute Gasteiger partial charge is 0.367 e. The molecule has 2 aromatic rings. The van der Waals surface area contributed by atoms with Gasteiger partial charge in [0, 0.05) is 26.2 Å². The first-order chi connectivity index (χ1) is 10.3. The van der Waals surface area contributed by atoms with E-state index in [1.165, 1.54) is 0 Å². The van der Waals surface area contributed by atoms with Gasteiger partial charge in [-0.2, -0.15) is 0 Å². The van der Waals surface area contributed by atoms with Crippen molar-refractivity contribution in [2.75, 3.05) is 41.4 Å². The normalized spacial score (nSPS) is 15.1. The molecule has 0 aliphatic carbocycles. The highest BCUT2D eigenvalue weighted by atomic mass is 35.5. The molecule has 0 spiro atoms. The second-order valence-corrected chi connectivity index (χ2v) is 5.24. The Hall–Kier alpha value is -2.05. The number of nitrogens with two attached hydrogens (primary N) is 1. The molecule has 0 unspecified atom stereocenters. The van der Waals surface area contributed by atoms with Crippen molar-refractivity contribution in [3.05, 3.63) is 41.7 Å². The summed E-state index contributed by atoms with van der Waals surface area (Å²) >= 11 is 6.25. The average molecular weight is 305 g/mol. The van der Waals surface area contributed by atoms with Crippen molar-refractivity contribution in [2.24, 2.45) is 5.84 Å². The van der Waals surface area contributed by atoms with Gasteiger partial charge >= 0.3 is 0 Å². The first-order valence-electron chi connectivity index (χ1n) is 6.81. The van der Waals surface area contributed by atoms with Gasteiger partial charge in [0.2, 0.25) is 0 Å². The van der Waals surface area contributed by atoms with Crippen LogP contribution in [0.15, 0.2) is 36.7 Å². The maximum Gasteiger partial charge on any atom is 0.160 e. The fourth-order valence-electron chi connectivity index (χ4n) is 2.46. The van der Waals surface area contributed by atoms with E-state index in [-0.39, 0.29) is 0 Å². The molecule has 110 valence electrons. The Kier molecular flexibility index (Phi) is 4.08. The van der Waals surface area contributed by atoms with Crippen molar-refractivity contribution in [1.29, 1.82) is 0 Å². The first-order valence-corrected chi connectivity index (χ1v) is 7.19. The van der Waals surface area contributed by atoms with Crippen LogP contribution in [0.4, 0.5) is 17.3 Å². The fourth-order valence-corrected chi connectivity index (χ4v) is 2.72. The van der Waals surface area contributed by atoms with E-state index in [1.54, 1.807) is 12.4 Å². The Morgan fingerprint density at radius 2 is 1.76 bits per heavy atom. The number of rotatable bonds is 3. The quantitative estimate of drug-likeness (QED) is 0.665. The molecule has 0 bridgehead atoms. The highest BCUT2D eigenvalue weighted by Crippen LogP contribution is 2.26. The molecule has 1 saturated heterocycles. The van der Waals surface area contributed by atoms with Gasteiger partial charge in [-0.05, 0) is 12.1 Å². The number of benzene rings is 1. The monoisotopic (exact) mass is 304 g/mol. The van der Waals surface area contributed by atoms with E-state index >= 15 is 0 Å². The van der Waals surface area contributed by atoms with E-state index in [1.807, 2.05) is 18.2 Å². The second-order valence-electron chi connectivity index (χ2n) is 4.83. The Bertz CT molecular complexity index is 612. The van der Waals surface area contributed by atoms with Gasteiger partial charge in [-0.15, -0.1) is 0 Å². The van der Waals surface area contributed by atoms with Crippen molar-refractivity contribution >= 4 is 28.9 Å². The predicted octanol–water partition coefficient (Wildman–Crippen LogP) is 1.74. The lowest BCUT2D eigenvalue weighted by molar-refractivity contribution is 0.646. The molecular formula is C14H17ClN6. The van der Waals surface area contributed by atoms with Crippen LogP contribution in [0.5, 0.6) is 0 Å². The summed E-state index contributed by atoms with van der Waals surface area (Å²) in [5.74, 6) is 6.78. The number of hydrogen-bond donors (Lipinski definition) is 2. The van der Waals surface area contributed by atoms with E-state index in [2.05, 4.69) is 31.3 Å². The van der Waals surface area contributed by atoms with Gasteiger partial charge in [-0.1, -0.05) is 23.7 Å². The fraction of sp³-hybridized carbons (Fsp3) is 0.286. The van der Waals surface area contributed by atoms with E-state index in [4.69, 9.17) is 17.4 Å². The van der Waals surface area contributed by atoms with Crippen LogP contribution in [0.25, 0.3) is 0 Å². The number of nitrogens with zero attached hydrogens (tertiary/aromatic N) is 4. The van der Waals surface area contributed by atoms with E-state index < -0.39 is 0 Å². The minimum atomic E-state index is 0.570. The van der Waals surface area contributed by atoms with Gasteiger partial charge < -0.3 is 15.2 Å². The maximum absolute atomic E-state index is 6.25. The molecule has 21 heavy (non-hydrogen) atoms. The number of nitrogen functional groups attached to an aromatic ring is 1. The Morgan fingerprint density at radius 3 is 2.48 bits per heavy atom. The van der Waals surface area contributed by atoms with Crippen LogP contribution < -0.4 is 21.1 Å². The Morgan fingerprint density at radius 1 is 1.05 bits per heavy atom. The zero-order valence-corrected chi connectivity index (χ0v) is 12.3. The molecule has 0 amide bonds. The summed E-state index contributed by atoms with van der Waals surface area (Å²) in [6, 6.07) is 7.93. The molecule has 0 atom stereocenters. The minimum absolute atomic E-state index is 0.570. The minimum Gasteiger partial charge on any atom is -0.367 e. The van der Waals surface area contributed by atoms with Crippen LogP contribution >= 0.6 is 11.6 Å². The molecule has 1 aliphatic rings. The number of hydrogen-bond acceptors (Lipinski definition) is 6. The van der Waals surface area contributed by atoms with E-state index in [0.29, 0.717) is 5.82 Å². The Labute approximate surface area is 128 Å². The third-order valence-corrected chi connectivity index (χ3v) is 3.89. The predicted molar refractivity (Wildman–Crippen MR) is 85.7 cm³/mol. The number of anilines is 3. The lowest BCUT2D eigenvalue weighted by Crippen LogP contribution is -2.47. The van der Waals surface area contributed by atoms with Crippen LogP contribution in [-0.2, 0) is 0 Å². The molecule has 0 saturated carbocycles. The number of halogens is 1. The van der Waals surface area contributed by atoms with E-state index in [9.17, 15) is 0 Å². The van der Waals surface area contributed by atoms with Gasteiger partial charge in [-0.3, -0.25) is 4.98 Å². The molecule has 6 nitrogen and oxygen atoms in total. The number of nitrogens with one attached hydrogen (secondary N) is 1. The number of piperazine rings is 1. The van der Waals surface area contributed by atoms with Crippen LogP contribution in [0.1, 0.15) is 0 Å². The summed E-state index contributed by atoms with van der Waals surface area (Å²) in [6.45, 7) is 3.53. The van der Waals surface area contributed by atoms with Crippen molar-refractivity contribution in [3.63, 3.8) is 0 Å². The van der Waals surface area contributed by atoms with Gasteiger partial charge in [0.1, 0.15) is 5.82 Å². The lowest BCUT2D eigenvalue weighted by Gasteiger charge is -2.37. The smallest absolute Gasteiger partial charge is 0.160 e. The summed E-state index contributed by atoms with van der Waals surface area (Å²) in [5, 5.41) is 0.792. The van der Waals surface area contributed by atoms with Gasteiger partial charge in [0.05, 0.1) is 23.1 Å². The van der Waals surface area contributed by atoms with Crippen LogP contribution in [-0.4, -0.2) is 36.1 Å². The van der Waals surface area contributed by atoms with Gasteiger partial charge in [0.15, 0.2) is 5.82 Å². The zero-order valence-electron chi connectivity index (χ0n) is 11.5. The highest BCUT2D eigenvalue weighted by Gasteiger charge is 2.20. The van der Waals surface area contributed by atoms with Gasteiger partial charge in [0.25, 0.3) is 0 Å². The highest BCUT2D eigenvalue weighted by molar-refractivity contribution is 6.33. The van der Waals surface area contributed by atoms with E-state index in [0.717, 1.165) is 42.7 Å². The third-order valence-electron chi connectivity index (χ3n) is 3.57. The first kappa shape index (κ1) is 13.9. The molecule has 0 radical (unpaired) electrons. The number of hydrazine groups is 1. The molecule has 3 rings (SSSR count). The molecule has 3 N–H and O–H groups in total. The molecule has 2 heterocycles. The van der Waals surface area contributed by atoms with Crippen LogP contribution in [0.2, 0.25) is 5.02 Å². The number of aromatic nitrogens is 2. The lowest BCUT2D eigenvalue weighted by atomic mass is 10.2. The Balaban J connectivity index is 1.69. The summed E-state index contributed by atoms with van der Waals surface area (Å²) in [7, 11) is 0. The summed E-state index contributed by atoms with van der Waals surface area (Å²) < 4.78 is 0.